The molecule has 0 bridgehead atoms. The van der Waals surface area contributed by atoms with E-state index in [4.69, 9.17) is 9.15 Å². The predicted molar refractivity (Wildman–Crippen MR) is 102 cm³/mol. The van der Waals surface area contributed by atoms with Crippen molar-refractivity contribution in [3.05, 3.63) is 70.3 Å². The largest absolute Gasteiger partial charge is 0.457 e. The summed E-state index contributed by atoms with van der Waals surface area (Å²) in [6.07, 6.45) is 1.43. The highest BCUT2D eigenvalue weighted by Crippen LogP contribution is 2.27. The Morgan fingerprint density at radius 2 is 2.00 bits per heavy atom. The van der Waals surface area contributed by atoms with Crippen LogP contribution in [0, 0.1) is 0 Å². The number of ether oxygens (including phenoxy) is 1. The molecule has 1 unspecified atom stereocenters. The van der Waals surface area contributed by atoms with E-state index in [1.54, 1.807) is 29.2 Å². The second kappa shape index (κ2) is 7.40. The first-order chi connectivity index (χ1) is 13.1. The molecule has 0 radical (unpaired) electrons. The number of carbonyl (C=O) groups excluding carboxylic acids is 2. The fourth-order valence-electron chi connectivity index (χ4n) is 3.27. The average Bonchev–Trinajstić information content (AvgIpc) is 3.36. The minimum atomic E-state index is -0.869. The standard InChI is InChI=1S/C21H19NO4S/c1-14(20(23)22-10-7-18-16(13-22)9-12-27-18)26-21(24)19-17(8-11-25-19)15-5-3-2-4-6-15/h2-6,8-9,11-12,14H,7,10,13H2,1H3. The van der Waals surface area contributed by atoms with E-state index in [-0.39, 0.29) is 11.7 Å². The van der Waals surface area contributed by atoms with Crippen LogP contribution >= 0.6 is 11.3 Å². The van der Waals surface area contributed by atoms with Crippen LogP contribution in [0.15, 0.2) is 58.5 Å². The van der Waals surface area contributed by atoms with E-state index >= 15 is 0 Å². The quantitative estimate of drug-likeness (QED) is 0.638. The highest BCUT2D eigenvalue weighted by Gasteiger charge is 2.29. The van der Waals surface area contributed by atoms with Gasteiger partial charge in [0, 0.05) is 23.5 Å². The van der Waals surface area contributed by atoms with Gasteiger partial charge < -0.3 is 14.1 Å². The van der Waals surface area contributed by atoms with Crippen LogP contribution in [-0.2, 0) is 22.5 Å². The summed E-state index contributed by atoms with van der Waals surface area (Å²) in [6.45, 7) is 2.81. The van der Waals surface area contributed by atoms with Gasteiger partial charge in [0.05, 0.1) is 6.26 Å². The number of fused-ring (bicyclic) bond motifs is 1. The number of esters is 1. The third-order valence-corrected chi connectivity index (χ3v) is 5.71. The van der Waals surface area contributed by atoms with Crippen molar-refractivity contribution in [2.45, 2.75) is 26.0 Å². The van der Waals surface area contributed by atoms with E-state index in [2.05, 4.69) is 0 Å². The van der Waals surface area contributed by atoms with E-state index in [0.717, 1.165) is 12.0 Å². The van der Waals surface area contributed by atoms with Gasteiger partial charge in [-0.2, -0.15) is 0 Å². The maximum absolute atomic E-state index is 12.7. The van der Waals surface area contributed by atoms with Crippen molar-refractivity contribution in [1.82, 2.24) is 4.90 Å². The van der Waals surface area contributed by atoms with Gasteiger partial charge in [0.25, 0.3) is 5.91 Å². The second-order valence-electron chi connectivity index (χ2n) is 6.46. The molecule has 138 valence electrons. The molecule has 1 aromatic carbocycles. The first kappa shape index (κ1) is 17.5. The molecule has 0 fully saturated rings. The zero-order valence-electron chi connectivity index (χ0n) is 14.9. The van der Waals surface area contributed by atoms with Crippen LogP contribution in [0.3, 0.4) is 0 Å². The fraction of sp³-hybridized carbons (Fsp3) is 0.238. The van der Waals surface area contributed by atoms with Crippen molar-refractivity contribution in [3.8, 4) is 11.1 Å². The predicted octanol–water partition coefficient (Wildman–Crippen LogP) is 4.14. The lowest BCUT2D eigenvalue weighted by Gasteiger charge is -2.29. The molecule has 0 aliphatic carbocycles. The molecule has 5 nitrogen and oxygen atoms in total. The number of amides is 1. The van der Waals surface area contributed by atoms with Crippen molar-refractivity contribution in [2.75, 3.05) is 6.54 Å². The smallest absolute Gasteiger partial charge is 0.375 e. The maximum atomic E-state index is 12.7. The van der Waals surface area contributed by atoms with Crippen molar-refractivity contribution in [1.29, 1.82) is 0 Å². The molecule has 2 aromatic heterocycles. The van der Waals surface area contributed by atoms with Crippen LogP contribution in [0.4, 0.5) is 0 Å². The number of nitrogens with zero attached hydrogens (tertiary/aromatic N) is 1. The van der Waals surface area contributed by atoms with Crippen molar-refractivity contribution >= 4 is 23.2 Å². The molecular formula is C21H19NO4S. The van der Waals surface area contributed by atoms with Gasteiger partial charge in [-0.1, -0.05) is 30.3 Å². The summed E-state index contributed by atoms with van der Waals surface area (Å²) in [5.74, 6) is -0.708. The number of furan rings is 1. The Labute approximate surface area is 161 Å². The molecule has 3 heterocycles. The van der Waals surface area contributed by atoms with E-state index in [9.17, 15) is 9.59 Å². The summed E-state index contributed by atoms with van der Waals surface area (Å²) in [5.41, 5.74) is 2.69. The van der Waals surface area contributed by atoms with E-state index in [1.165, 1.54) is 16.7 Å². The Bertz CT molecular complexity index is 959. The van der Waals surface area contributed by atoms with E-state index in [1.807, 2.05) is 41.8 Å². The summed E-state index contributed by atoms with van der Waals surface area (Å²) >= 11 is 1.72. The Morgan fingerprint density at radius 3 is 2.81 bits per heavy atom. The Kier molecular flexibility index (Phi) is 4.81. The molecule has 0 saturated heterocycles. The van der Waals surface area contributed by atoms with Crippen LogP contribution < -0.4 is 0 Å². The van der Waals surface area contributed by atoms with Crippen LogP contribution in [-0.4, -0.2) is 29.4 Å². The topological polar surface area (TPSA) is 59.8 Å². The number of benzene rings is 1. The lowest BCUT2D eigenvalue weighted by Crippen LogP contribution is -2.42. The minimum Gasteiger partial charge on any atom is -0.457 e. The lowest BCUT2D eigenvalue weighted by molar-refractivity contribution is -0.140. The number of rotatable bonds is 4. The van der Waals surface area contributed by atoms with Crippen molar-refractivity contribution in [2.24, 2.45) is 0 Å². The average molecular weight is 381 g/mol. The van der Waals surface area contributed by atoms with Gasteiger partial charge in [0.15, 0.2) is 6.10 Å². The van der Waals surface area contributed by atoms with Crippen LogP contribution in [0.5, 0.6) is 0 Å². The molecule has 0 spiro atoms. The third-order valence-electron chi connectivity index (χ3n) is 4.69. The summed E-state index contributed by atoms with van der Waals surface area (Å²) in [5, 5.41) is 2.05. The molecular weight excluding hydrogens is 362 g/mol. The molecule has 27 heavy (non-hydrogen) atoms. The molecule has 1 aliphatic heterocycles. The van der Waals surface area contributed by atoms with Crippen LogP contribution in [0.25, 0.3) is 11.1 Å². The minimum absolute atomic E-state index is 0.111. The highest BCUT2D eigenvalue weighted by atomic mass is 32.1. The van der Waals surface area contributed by atoms with Crippen molar-refractivity contribution in [3.63, 3.8) is 0 Å². The number of thiophene rings is 1. The summed E-state index contributed by atoms with van der Waals surface area (Å²) < 4.78 is 10.8. The Hall–Kier alpha value is -2.86. The highest BCUT2D eigenvalue weighted by molar-refractivity contribution is 7.10. The zero-order valence-corrected chi connectivity index (χ0v) is 15.7. The lowest BCUT2D eigenvalue weighted by atomic mass is 10.1. The first-order valence-electron chi connectivity index (χ1n) is 8.81. The van der Waals surface area contributed by atoms with Gasteiger partial charge in [0.2, 0.25) is 5.76 Å². The Balaban J connectivity index is 1.44. The van der Waals surface area contributed by atoms with Gasteiger partial charge in [-0.05, 0) is 42.0 Å². The van der Waals surface area contributed by atoms with Crippen LogP contribution in [0.1, 0.15) is 27.9 Å². The number of carbonyl (C=O) groups is 2. The monoisotopic (exact) mass is 381 g/mol. The zero-order chi connectivity index (χ0) is 18.8. The van der Waals surface area contributed by atoms with Crippen LogP contribution in [0.2, 0.25) is 0 Å². The van der Waals surface area contributed by atoms with Crippen molar-refractivity contribution < 1.29 is 18.7 Å². The number of hydrogen-bond acceptors (Lipinski definition) is 5. The van der Waals surface area contributed by atoms with Gasteiger partial charge in [-0.25, -0.2) is 4.79 Å². The first-order valence-corrected chi connectivity index (χ1v) is 9.69. The molecule has 1 amide bonds. The molecule has 1 atom stereocenters. The van der Waals surface area contributed by atoms with Gasteiger partial charge in [-0.3, -0.25) is 4.79 Å². The molecule has 1 aliphatic rings. The van der Waals surface area contributed by atoms with E-state index < -0.39 is 12.1 Å². The molecule has 6 heteroatoms. The maximum Gasteiger partial charge on any atom is 0.375 e. The van der Waals surface area contributed by atoms with E-state index in [0.29, 0.717) is 18.7 Å². The fourth-order valence-corrected chi connectivity index (χ4v) is 4.16. The molecule has 3 aromatic rings. The Morgan fingerprint density at radius 1 is 1.19 bits per heavy atom. The SMILES string of the molecule is CC(OC(=O)c1occc1-c1ccccc1)C(=O)N1CCc2sccc2C1. The second-order valence-corrected chi connectivity index (χ2v) is 7.46. The summed E-state index contributed by atoms with van der Waals surface area (Å²) in [4.78, 5) is 28.3. The molecule has 4 rings (SSSR count). The molecule has 0 saturated carbocycles. The summed E-state index contributed by atoms with van der Waals surface area (Å²) in [6, 6.07) is 13.2. The van der Waals surface area contributed by atoms with Gasteiger partial charge >= 0.3 is 5.97 Å². The number of hydrogen-bond donors (Lipinski definition) is 0. The normalized spacial score (nSPS) is 14.5. The van der Waals surface area contributed by atoms with Gasteiger partial charge in [-0.15, -0.1) is 11.3 Å². The summed E-state index contributed by atoms with van der Waals surface area (Å²) in [7, 11) is 0. The third kappa shape index (κ3) is 3.53. The molecule has 0 N–H and O–H groups in total. The van der Waals surface area contributed by atoms with Gasteiger partial charge in [0.1, 0.15) is 0 Å².